The second-order valence-corrected chi connectivity index (χ2v) is 6.56. The molecule has 0 atom stereocenters. The van der Waals surface area contributed by atoms with Crippen molar-refractivity contribution >= 4 is 17.4 Å². The number of ether oxygens (including phenoxy) is 2. The number of nitrogens with zero attached hydrogens (tertiary/aromatic N) is 1. The van der Waals surface area contributed by atoms with Crippen LogP contribution in [0.4, 0.5) is 5.69 Å². The zero-order chi connectivity index (χ0) is 21.5. The summed E-state index contributed by atoms with van der Waals surface area (Å²) in [6.07, 6.45) is 0. The molecule has 3 aromatic carbocycles. The quantitative estimate of drug-likeness (QED) is 0.237. The van der Waals surface area contributed by atoms with E-state index in [1.165, 1.54) is 18.2 Å². The van der Waals surface area contributed by atoms with Crippen molar-refractivity contribution in [1.29, 1.82) is 0 Å². The highest BCUT2D eigenvalue weighted by Crippen LogP contribution is 2.20. The Kier molecular flexibility index (Phi) is 6.54. The first kappa shape index (κ1) is 20.7. The number of rotatable bonds is 8. The van der Waals surface area contributed by atoms with Crippen molar-refractivity contribution in [3.8, 4) is 5.75 Å². The molecular formula is C23H19NO6. The number of Topliss-reactive ketones (excluding diaryl/α,β-unsaturated/α-hetero) is 1. The van der Waals surface area contributed by atoms with Crippen LogP contribution in [0.2, 0.25) is 0 Å². The average molecular weight is 405 g/mol. The number of nitro groups is 1. The van der Waals surface area contributed by atoms with Gasteiger partial charge in [0.15, 0.2) is 6.61 Å². The third kappa shape index (κ3) is 5.29. The van der Waals surface area contributed by atoms with Gasteiger partial charge in [0.2, 0.25) is 5.78 Å². The van der Waals surface area contributed by atoms with Gasteiger partial charge in [-0.1, -0.05) is 42.5 Å². The minimum Gasteiger partial charge on any atom is -0.489 e. The number of esters is 1. The molecule has 0 aliphatic rings. The SMILES string of the molecule is Cc1ccc(C(=O)COC(=O)c2ccc(OCc3ccccc3)cc2)cc1[N+](=O)[O-]. The Balaban J connectivity index is 1.55. The number of hydrogen-bond acceptors (Lipinski definition) is 6. The monoisotopic (exact) mass is 405 g/mol. The van der Waals surface area contributed by atoms with Crippen LogP contribution in [0, 0.1) is 17.0 Å². The summed E-state index contributed by atoms with van der Waals surface area (Å²) in [5.41, 5.74) is 1.70. The van der Waals surface area contributed by atoms with E-state index in [0.29, 0.717) is 17.9 Å². The van der Waals surface area contributed by atoms with Crippen LogP contribution in [0.3, 0.4) is 0 Å². The molecule has 0 unspecified atom stereocenters. The van der Waals surface area contributed by atoms with Gasteiger partial charge >= 0.3 is 5.97 Å². The Labute approximate surface area is 173 Å². The minimum atomic E-state index is -0.667. The van der Waals surface area contributed by atoms with Crippen molar-refractivity contribution < 1.29 is 24.0 Å². The summed E-state index contributed by atoms with van der Waals surface area (Å²) in [6, 6.07) is 20.2. The number of carbonyl (C=O) groups is 2. The van der Waals surface area contributed by atoms with E-state index in [4.69, 9.17) is 9.47 Å². The Hall–Kier alpha value is -4.00. The maximum Gasteiger partial charge on any atom is 0.338 e. The molecule has 0 amide bonds. The van der Waals surface area contributed by atoms with Gasteiger partial charge in [0.05, 0.1) is 10.5 Å². The standard InChI is InChI=1S/C23H19NO6/c1-16-7-8-19(13-21(16)24(27)28)22(25)15-30-23(26)18-9-11-20(12-10-18)29-14-17-5-3-2-4-6-17/h2-13H,14-15H2,1H3. The lowest BCUT2D eigenvalue weighted by molar-refractivity contribution is -0.385. The van der Waals surface area contributed by atoms with Crippen molar-refractivity contribution in [2.45, 2.75) is 13.5 Å². The van der Waals surface area contributed by atoms with Crippen LogP contribution < -0.4 is 4.74 Å². The van der Waals surface area contributed by atoms with Gasteiger partial charge in [-0.05, 0) is 36.8 Å². The van der Waals surface area contributed by atoms with Gasteiger partial charge in [0, 0.05) is 17.2 Å². The molecular weight excluding hydrogens is 386 g/mol. The lowest BCUT2D eigenvalue weighted by Crippen LogP contribution is -2.14. The first-order valence-corrected chi connectivity index (χ1v) is 9.16. The largest absolute Gasteiger partial charge is 0.489 e. The second kappa shape index (κ2) is 9.47. The summed E-state index contributed by atoms with van der Waals surface area (Å²) in [5.74, 6) is -0.590. The van der Waals surface area contributed by atoms with Crippen molar-refractivity contribution in [2.24, 2.45) is 0 Å². The normalized spacial score (nSPS) is 10.3. The fourth-order valence-electron chi connectivity index (χ4n) is 2.71. The number of nitro benzene ring substituents is 1. The van der Waals surface area contributed by atoms with Crippen LogP contribution >= 0.6 is 0 Å². The second-order valence-electron chi connectivity index (χ2n) is 6.56. The van der Waals surface area contributed by atoms with E-state index < -0.39 is 23.3 Å². The Bertz CT molecular complexity index is 1060. The summed E-state index contributed by atoms with van der Waals surface area (Å²) < 4.78 is 10.7. The molecule has 0 radical (unpaired) electrons. The summed E-state index contributed by atoms with van der Waals surface area (Å²) in [5, 5.41) is 11.0. The third-order valence-corrected chi connectivity index (χ3v) is 4.40. The lowest BCUT2D eigenvalue weighted by atomic mass is 10.1. The predicted octanol–water partition coefficient (Wildman–Crippen LogP) is 4.52. The Morgan fingerprint density at radius 1 is 0.933 bits per heavy atom. The molecule has 0 bridgehead atoms. The molecule has 30 heavy (non-hydrogen) atoms. The molecule has 0 aliphatic carbocycles. The van der Waals surface area contributed by atoms with Gasteiger partial charge in [0.25, 0.3) is 5.69 Å². The molecule has 3 rings (SSSR count). The van der Waals surface area contributed by atoms with Crippen molar-refractivity contribution in [1.82, 2.24) is 0 Å². The first-order valence-electron chi connectivity index (χ1n) is 9.16. The van der Waals surface area contributed by atoms with E-state index in [9.17, 15) is 19.7 Å². The summed E-state index contributed by atoms with van der Waals surface area (Å²) in [6.45, 7) is 1.48. The van der Waals surface area contributed by atoms with Crippen molar-refractivity contribution in [3.63, 3.8) is 0 Å². The van der Waals surface area contributed by atoms with E-state index >= 15 is 0 Å². The lowest BCUT2D eigenvalue weighted by Gasteiger charge is -2.08. The van der Waals surface area contributed by atoms with Crippen LogP contribution in [-0.2, 0) is 11.3 Å². The van der Waals surface area contributed by atoms with E-state index in [2.05, 4.69) is 0 Å². The number of ketones is 1. The van der Waals surface area contributed by atoms with Gasteiger partial charge in [-0.25, -0.2) is 4.79 Å². The fourth-order valence-corrected chi connectivity index (χ4v) is 2.71. The number of carbonyl (C=O) groups excluding carboxylic acids is 2. The van der Waals surface area contributed by atoms with E-state index in [1.54, 1.807) is 31.2 Å². The molecule has 7 heteroatoms. The van der Waals surface area contributed by atoms with E-state index in [0.717, 1.165) is 5.56 Å². The summed E-state index contributed by atoms with van der Waals surface area (Å²) in [4.78, 5) is 34.8. The molecule has 0 heterocycles. The van der Waals surface area contributed by atoms with Crippen LogP contribution in [0.15, 0.2) is 72.8 Å². The van der Waals surface area contributed by atoms with Crippen LogP contribution in [0.5, 0.6) is 5.75 Å². The highest BCUT2D eigenvalue weighted by molar-refractivity contribution is 5.99. The van der Waals surface area contributed by atoms with Crippen molar-refractivity contribution in [3.05, 3.63) is 105 Å². The fraction of sp³-hybridized carbons (Fsp3) is 0.130. The molecule has 152 valence electrons. The topological polar surface area (TPSA) is 95.7 Å². The maximum atomic E-state index is 12.2. The smallest absolute Gasteiger partial charge is 0.338 e. The van der Waals surface area contributed by atoms with Crippen molar-refractivity contribution in [2.75, 3.05) is 6.61 Å². The first-order chi connectivity index (χ1) is 14.4. The van der Waals surface area contributed by atoms with Gasteiger partial charge in [-0.3, -0.25) is 14.9 Å². The highest BCUT2D eigenvalue weighted by atomic mass is 16.6. The zero-order valence-corrected chi connectivity index (χ0v) is 16.2. The molecule has 0 N–H and O–H groups in total. The molecule has 0 saturated carbocycles. The number of benzene rings is 3. The minimum absolute atomic E-state index is 0.116. The Morgan fingerprint density at radius 2 is 1.60 bits per heavy atom. The summed E-state index contributed by atoms with van der Waals surface area (Å²) in [7, 11) is 0. The van der Waals surface area contributed by atoms with Gasteiger partial charge < -0.3 is 9.47 Å². The van der Waals surface area contributed by atoms with E-state index in [-0.39, 0.29) is 16.8 Å². The predicted molar refractivity (Wildman–Crippen MR) is 110 cm³/mol. The average Bonchev–Trinajstić information content (AvgIpc) is 2.77. The van der Waals surface area contributed by atoms with Gasteiger partial charge in [-0.15, -0.1) is 0 Å². The van der Waals surface area contributed by atoms with Crippen LogP contribution in [-0.4, -0.2) is 23.3 Å². The molecule has 0 aromatic heterocycles. The van der Waals surface area contributed by atoms with Gasteiger partial charge in [0.1, 0.15) is 12.4 Å². The molecule has 3 aromatic rings. The van der Waals surface area contributed by atoms with Gasteiger partial charge in [-0.2, -0.15) is 0 Å². The maximum absolute atomic E-state index is 12.2. The number of hydrogen-bond donors (Lipinski definition) is 0. The molecule has 7 nitrogen and oxygen atoms in total. The zero-order valence-electron chi connectivity index (χ0n) is 16.2. The third-order valence-electron chi connectivity index (χ3n) is 4.40. The number of aryl methyl sites for hydroxylation is 1. The molecule has 0 aliphatic heterocycles. The highest BCUT2D eigenvalue weighted by Gasteiger charge is 2.17. The van der Waals surface area contributed by atoms with E-state index in [1.807, 2.05) is 30.3 Å². The Morgan fingerprint density at radius 3 is 2.27 bits per heavy atom. The van der Waals surface area contributed by atoms with Crippen LogP contribution in [0.25, 0.3) is 0 Å². The summed E-state index contributed by atoms with van der Waals surface area (Å²) >= 11 is 0. The van der Waals surface area contributed by atoms with Crippen LogP contribution in [0.1, 0.15) is 31.8 Å². The molecule has 0 fully saturated rings. The molecule has 0 saturated heterocycles. The molecule has 0 spiro atoms.